The summed E-state index contributed by atoms with van der Waals surface area (Å²) in [7, 11) is 1.63. The fourth-order valence-corrected chi connectivity index (χ4v) is 3.49. The van der Waals surface area contributed by atoms with Gasteiger partial charge in [0.15, 0.2) is 0 Å². The molecule has 1 aliphatic carbocycles. The van der Waals surface area contributed by atoms with Gasteiger partial charge in [-0.25, -0.2) is 0 Å². The molecule has 0 aliphatic heterocycles. The molecule has 0 radical (unpaired) electrons. The zero-order chi connectivity index (χ0) is 19.7. The van der Waals surface area contributed by atoms with Crippen molar-refractivity contribution in [1.82, 2.24) is 0 Å². The number of hydrogen-bond donors (Lipinski definition) is 0. The fraction of sp³-hybridized carbons (Fsp3) is 0.609. The molecule has 3 heteroatoms. The molecule has 0 amide bonds. The van der Waals surface area contributed by atoms with Crippen molar-refractivity contribution >= 4 is 5.97 Å². The standard InChI is InChI=1S/C23H36O3/c1-17(13-14-21-18(2)12-9-15-23(21,5)6)10-8-11-19(3)22(25-7)16-26-20(4)24/h8,10-11,13,22H,9,12,14-16H2,1-7H3/b10-8+,17-13+,19-11+. The minimum absolute atomic E-state index is 0.205. The van der Waals surface area contributed by atoms with Crippen LogP contribution in [-0.4, -0.2) is 25.8 Å². The Morgan fingerprint density at radius 3 is 2.54 bits per heavy atom. The molecule has 0 aromatic carbocycles. The Hall–Kier alpha value is -1.61. The summed E-state index contributed by atoms with van der Waals surface area (Å²) in [6.45, 7) is 12.8. The Morgan fingerprint density at radius 1 is 1.27 bits per heavy atom. The number of methoxy groups -OCH3 is 1. The van der Waals surface area contributed by atoms with E-state index < -0.39 is 0 Å². The van der Waals surface area contributed by atoms with Gasteiger partial charge in [-0.15, -0.1) is 0 Å². The van der Waals surface area contributed by atoms with Crippen molar-refractivity contribution in [2.75, 3.05) is 13.7 Å². The summed E-state index contributed by atoms with van der Waals surface area (Å²) < 4.78 is 10.4. The van der Waals surface area contributed by atoms with Crippen LogP contribution in [-0.2, 0) is 14.3 Å². The monoisotopic (exact) mass is 360 g/mol. The summed E-state index contributed by atoms with van der Waals surface area (Å²) in [6, 6.07) is 0. The molecule has 1 unspecified atom stereocenters. The largest absolute Gasteiger partial charge is 0.463 e. The molecule has 0 saturated heterocycles. The molecule has 0 bridgehead atoms. The second-order valence-corrected chi connectivity index (χ2v) is 7.95. The third-order valence-electron chi connectivity index (χ3n) is 5.26. The maximum Gasteiger partial charge on any atom is 0.302 e. The highest BCUT2D eigenvalue weighted by Crippen LogP contribution is 2.41. The highest BCUT2D eigenvalue weighted by molar-refractivity contribution is 5.65. The van der Waals surface area contributed by atoms with E-state index in [1.54, 1.807) is 18.3 Å². The molecule has 0 saturated carbocycles. The average molecular weight is 361 g/mol. The number of esters is 1. The molecule has 3 nitrogen and oxygen atoms in total. The summed E-state index contributed by atoms with van der Waals surface area (Å²) in [4.78, 5) is 10.9. The van der Waals surface area contributed by atoms with Crippen LogP contribution in [0.2, 0.25) is 0 Å². The quantitative estimate of drug-likeness (QED) is 0.306. The third-order valence-corrected chi connectivity index (χ3v) is 5.26. The van der Waals surface area contributed by atoms with E-state index >= 15 is 0 Å². The number of carbonyl (C=O) groups is 1. The molecule has 0 aromatic heterocycles. The number of allylic oxidation sites excluding steroid dienone is 7. The first-order chi connectivity index (χ1) is 12.2. The van der Waals surface area contributed by atoms with Crippen LogP contribution < -0.4 is 0 Å². The number of ether oxygens (including phenoxy) is 2. The SMILES string of the molecule is COC(COC(C)=O)/C(C)=C/C=C/C(C)=C/CC1=C(C)CCCC1(C)C. The zero-order valence-electron chi connectivity index (χ0n) is 17.6. The van der Waals surface area contributed by atoms with E-state index in [4.69, 9.17) is 9.47 Å². The van der Waals surface area contributed by atoms with Crippen LogP contribution >= 0.6 is 0 Å². The molecular weight excluding hydrogens is 324 g/mol. The Morgan fingerprint density at radius 2 is 1.96 bits per heavy atom. The van der Waals surface area contributed by atoms with Gasteiger partial charge in [-0.2, -0.15) is 0 Å². The van der Waals surface area contributed by atoms with Crippen LogP contribution in [0.15, 0.2) is 46.6 Å². The van der Waals surface area contributed by atoms with Gasteiger partial charge in [0, 0.05) is 14.0 Å². The van der Waals surface area contributed by atoms with Gasteiger partial charge in [0.25, 0.3) is 0 Å². The molecule has 1 rings (SSSR count). The van der Waals surface area contributed by atoms with Gasteiger partial charge in [0.1, 0.15) is 12.7 Å². The summed E-state index contributed by atoms with van der Waals surface area (Å²) >= 11 is 0. The first-order valence-electron chi connectivity index (χ1n) is 9.54. The minimum Gasteiger partial charge on any atom is -0.463 e. The van der Waals surface area contributed by atoms with E-state index in [0.717, 1.165) is 12.0 Å². The maximum absolute atomic E-state index is 10.9. The summed E-state index contributed by atoms with van der Waals surface area (Å²) in [5, 5.41) is 0. The normalized spacial score (nSPS) is 19.8. The Kier molecular flexibility index (Phi) is 9.07. The lowest BCUT2D eigenvalue weighted by Gasteiger charge is -2.34. The van der Waals surface area contributed by atoms with Crippen molar-refractivity contribution in [3.05, 3.63) is 46.6 Å². The van der Waals surface area contributed by atoms with Gasteiger partial charge in [-0.3, -0.25) is 4.79 Å². The van der Waals surface area contributed by atoms with Gasteiger partial charge in [0.2, 0.25) is 0 Å². The van der Waals surface area contributed by atoms with Crippen LogP contribution in [0.1, 0.15) is 67.2 Å². The predicted octanol–water partition coefficient (Wildman–Crippen LogP) is 5.93. The molecule has 0 aromatic rings. The second-order valence-electron chi connectivity index (χ2n) is 7.95. The summed E-state index contributed by atoms with van der Waals surface area (Å²) in [5.74, 6) is -0.288. The predicted molar refractivity (Wildman–Crippen MR) is 109 cm³/mol. The van der Waals surface area contributed by atoms with Gasteiger partial charge < -0.3 is 9.47 Å². The van der Waals surface area contributed by atoms with Crippen molar-refractivity contribution in [3.8, 4) is 0 Å². The highest BCUT2D eigenvalue weighted by Gasteiger charge is 2.27. The lowest BCUT2D eigenvalue weighted by Crippen LogP contribution is -2.21. The fourth-order valence-electron chi connectivity index (χ4n) is 3.49. The molecule has 26 heavy (non-hydrogen) atoms. The lowest BCUT2D eigenvalue weighted by atomic mass is 9.71. The molecule has 1 aliphatic rings. The van der Waals surface area contributed by atoms with E-state index in [1.807, 2.05) is 19.1 Å². The van der Waals surface area contributed by atoms with Crippen molar-refractivity contribution in [2.45, 2.75) is 73.3 Å². The molecule has 0 N–H and O–H groups in total. The Bertz CT molecular complexity index is 603. The van der Waals surface area contributed by atoms with E-state index in [-0.39, 0.29) is 18.7 Å². The van der Waals surface area contributed by atoms with E-state index in [9.17, 15) is 4.79 Å². The van der Waals surface area contributed by atoms with Crippen LogP contribution in [0.4, 0.5) is 0 Å². The molecular formula is C23H36O3. The van der Waals surface area contributed by atoms with Crippen molar-refractivity contribution in [1.29, 1.82) is 0 Å². The number of rotatable bonds is 8. The van der Waals surface area contributed by atoms with E-state index in [1.165, 1.54) is 31.8 Å². The Labute approximate surface area is 159 Å². The second kappa shape index (κ2) is 10.5. The smallest absolute Gasteiger partial charge is 0.302 e. The van der Waals surface area contributed by atoms with Gasteiger partial charge in [0.05, 0.1) is 0 Å². The average Bonchev–Trinajstić information content (AvgIpc) is 2.54. The van der Waals surface area contributed by atoms with Crippen molar-refractivity contribution in [3.63, 3.8) is 0 Å². The Balaban J connectivity index is 2.69. The van der Waals surface area contributed by atoms with Crippen molar-refractivity contribution < 1.29 is 14.3 Å². The number of carbonyl (C=O) groups excluding carboxylic acids is 1. The molecule has 146 valence electrons. The topological polar surface area (TPSA) is 35.5 Å². The molecule has 1 atom stereocenters. The lowest BCUT2D eigenvalue weighted by molar-refractivity contribution is -0.143. The van der Waals surface area contributed by atoms with Crippen LogP contribution in [0.25, 0.3) is 0 Å². The summed E-state index contributed by atoms with van der Waals surface area (Å²) in [5.41, 5.74) is 5.78. The van der Waals surface area contributed by atoms with Gasteiger partial charge >= 0.3 is 5.97 Å². The van der Waals surface area contributed by atoms with Crippen molar-refractivity contribution in [2.24, 2.45) is 5.41 Å². The van der Waals surface area contributed by atoms with Gasteiger partial charge in [-0.05, 0) is 57.4 Å². The zero-order valence-corrected chi connectivity index (χ0v) is 17.6. The van der Waals surface area contributed by atoms with E-state index in [0.29, 0.717) is 5.41 Å². The van der Waals surface area contributed by atoms with Crippen LogP contribution in [0.3, 0.4) is 0 Å². The van der Waals surface area contributed by atoms with Crippen LogP contribution in [0.5, 0.6) is 0 Å². The number of hydrogen-bond acceptors (Lipinski definition) is 3. The highest BCUT2D eigenvalue weighted by atomic mass is 16.6. The first-order valence-corrected chi connectivity index (χ1v) is 9.54. The third kappa shape index (κ3) is 7.33. The maximum atomic E-state index is 10.9. The molecule has 0 spiro atoms. The molecule has 0 heterocycles. The van der Waals surface area contributed by atoms with Crippen LogP contribution in [0, 0.1) is 5.41 Å². The van der Waals surface area contributed by atoms with Gasteiger partial charge in [-0.1, -0.05) is 54.9 Å². The minimum atomic E-state index is -0.288. The first kappa shape index (κ1) is 22.4. The van der Waals surface area contributed by atoms with E-state index in [2.05, 4.69) is 39.8 Å². The summed E-state index contributed by atoms with van der Waals surface area (Å²) in [6.07, 6.45) is 13.1. The molecule has 0 fully saturated rings.